The molecular formula is C15H24O3. The van der Waals surface area contributed by atoms with Gasteiger partial charge >= 0.3 is 5.97 Å². The third kappa shape index (κ3) is 3.44. The average molecular weight is 252 g/mol. The molecule has 0 saturated heterocycles. The molecule has 0 amide bonds. The van der Waals surface area contributed by atoms with E-state index in [1.165, 1.54) is 0 Å². The van der Waals surface area contributed by atoms with Gasteiger partial charge in [0.15, 0.2) is 5.78 Å². The van der Waals surface area contributed by atoms with E-state index in [1.807, 2.05) is 6.08 Å². The molecule has 0 N–H and O–H groups in total. The van der Waals surface area contributed by atoms with E-state index in [9.17, 15) is 9.59 Å². The van der Waals surface area contributed by atoms with E-state index in [4.69, 9.17) is 4.74 Å². The highest BCUT2D eigenvalue weighted by Crippen LogP contribution is 2.39. The monoisotopic (exact) mass is 252 g/mol. The lowest BCUT2D eigenvalue weighted by molar-refractivity contribution is -0.158. The smallest absolute Gasteiger partial charge is 0.319 e. The summed E-state index contributed by atoms with van der Waals surface area (Å²) in [4.78, 5) is 24.0. The van der Waals surface area contributed by atoms with Crippen molar-refractivity contribution in [2.75, 3.05) is 6.61 Å². The van der Waals surface area contributed by atoms with Gasteiger partial charge in [0, 0.05) is 6.42 Å². The van der Waals surface area contributed by atoms with Crippen LogP contribution >= 0.6 is 0 Å². The Morgan fingerprint density at radius 1 is 1.39 bits per heavy atom. The first kappa shape index (κ1) is 14.9. The Morgan fingerprint density at radius 3 is 2.72 bits per heavy atom. The summed E-state index contributed by atoms with van der Waals surface area (Å²) >= 11 is 0. The molecule has 0 aromatic carbocycles. The van der Waals surface area contributed by atoms with Crippen molar-refractivity contribution in [2.45, 2.75) is 58.8 Å². The van der Waals surface area contributed by atoms with Crippen LogP contribution in [0.15, 0.2) is 12.2 Å². The fourth-order valence-electron chi connectivity index (χ4n) is 2.44. The van der Waals surface area contributed by atoms with Crippen LogP contribution in [0.4, 0.5) is 0 Å². The molecule has 0 spiro atoms. The number of ether oxygens (including phenoxy) is 1. The van der Waals surface area contributed by atoms with Crippen molar-refractivity contribution in [1.82, 2.24) is 0 Å². The molecule has 0 aliphatic heterocycles. The van der Waals surface area contributed by atoms with Crippen molar-refractivity contribution in [2.24, 2.45) is 5.41 Å². The Bertz CT molecular complexity index is 320. The van der Waals surface area contributed by atoms with Crippen LogP contribution < -0.4 is 0 Å². The Balaban J connectivity index is 2.64. The molecule has 1 fully saturated rings. The topological polar surface area (TPSA) is 43.4 Å². The first-order valence-electron chi connectivity index (χ1n) is 7.03. The number of Topliss-reactive ketones (excluding diaryl/α,β-unsaturated/α-hetero) is 1. The number of esters is 1. The number of carbonyl (C=O) groups is 2. The van der Waals surface area contributed by atoms with Gasteiger partial charge in [0.05, 0.1) is 6.61 Å². The maximum absolute atomic E-state index is 12.0. The van der Waals surface area contributed by atoms with Crippen molar-refractivity contribution in [3.05, 3.63) is 12.2 Å². The maximum Gasteiger partial charge on any atom is 0.319 e. The number of hydrogen-bond acceptors (Lipinski definition) is 3. The molecule has 1 saturated carbocycles. The van der Waals surface area contributed by atoms with Crippen molar-refractivity contribution in [3.8, 4) is 0 Å². The summed E-state index contributed by atoms with van der Waals surface area (Å²) in [6, 6.07) is 0. The summed E-state index contributed by atoms with van der Waals surface area (Å²) in [5.74, 6) is -0.270. The third-order valence-corrected chi connectivity index (χ3v) is 3.56. The maximum atomic E-state index is 12.0. The molecule has 0 aromatic heterocycles. The van der Waals surface area contributed by atoms with Gasteiger partial charge in [-0.1, -0.05) is 31.9 Å². The van der Waals surface area contributed by atoms with E-state index in [0.717, 1.165) is 25.7 Å². The van der Waals surface area contributed by atoms with Crippen LogP contribution in [-0.4, -0.2) is 18.4 Å². The number of rotatable bonds is 7. The molecule has 1 aliphatic carbocycles. The van der Waals surface area contributed by atoms with Crippen LogP contribution in [0, 0.1) is 5.41 Å². The lowest BCUT2D eigenvalue weighted by Gasteiger charge is -2.23. The molecule has 3 nitrogen and oxygen atoms in total. The number of hydrogen-bond donors (Lipinski definition) is 0. The quantitative estimate of drug-likeness (QED) is 0.302. The number of unbranched alkanes of at least 4 members (excludes halogenated alkanes) is 2. The Morgan fingerprint density at radius 2 is 2.17 bits per heavy atom. The molecule has 102 valence electrons. The summed E-state index contributed by atoms with van der Waals surface area (Å²) in [5.41, 5.74) is -0.876. The highest BCUT2D eigenvalue weighted by molar-refractivity contribution is 6.05. The van der Waals surface area contributed by atoms with Crippen LogP contribution in [0.1, 0.15) is 58.8 Å². The van der Waals surface area contributed by atoms with Crippen molar-refractivity contribution < 1.29 is 14.3 Å². The SMILES string of the molecule is CCCC/C=C/CC1(C(=O)OCC)CCCC1=O. The van der Waals surface area contributed by atoms with E-state index in [-0.39, 0.29) is 11.8 Å². The highest BCUT2D eigenvalue weighted by Gasteiger charge is 2.48. The minimum absolute atomic E-state index is 0.0566. The van der Waals surface area contributed by atoms with Crippen molar-refractivity contribution in [1.29, 1.82) is 0 Å². The number of allylic oxidation sites excluding steroid dienone is 2. The van der Waals surface area contributed by atoms with Crippen LogP contribution in [0.3, 0.4) is 0 Å². The van der Waals surface area contributed by atoms with E-state index in [2.05, 4.69) is 13.0 Å². The lowest BCUT2D eigenvalue weighted by atomic mass is 9.81. The lowest BCUT2D eigenvalue weighted by Crippen LogP contribution is -2.36. The molecule has 1 unspecified atom stereocenters. The Hall–Kier alpha value is -1.12. The fraction of sp³-hybridized carbons (Fsp3) is 0.733. The number of carbonyl (C=O) groups excluding carboxylic acids is 2. The summed E-state index contributed by atoms with van der Waals surface area (Å²) in [6.45, 7) is 4.27. The van der Waals surface area contributed by atoms with Gasteiger partial charge in [-0.05, 0) is 32.6 Å². The highest BCUT2D eigenvalue weighted by atomic mass is 16.5. The molecular weight excluding hydrogens is 228 g/mol. The van der Waals surface area contributed by atoms with Crippen LogP contribution in [0.2, 0.25) is 0 Å². The zero-order chi connectivity index (χ0) is 13.4. The summed E-state index contributed by atoms with van der Waals surface area (Å²) in [5, 5.41) is 0. The molecule has 3 heteroatoms. The first-order valence-corrected chi connectivity index (χ1v) is 7.03. The van der Waals surface area contributed by atoms with Gasteiger partial charge < -0.3 is 4.74 Å². The second kappa shape index (κ2) is 7.34. The van der Waals surface area contributed by atoms with Crippen LogP contribution in [0.5, 0.6) is 0 Å². The standard InChI is InChI=1S/C15H24O3/c1-3-5-6-7-8-11-15(14(17)18-4-2)12-9-10-13(15)16/h7-8H,3-6,9-12H2,1-2H3/b8-7+. The van der Waals surface area contributed by atoms with E-state index in [0.29, 0.717) is 25.9 Å². The Labute approximate surface area is 110 Å². The predicted molar refractivity (Wildman–Crippen MR) is 71.2 cm³/mol. The van der Waals surface area contributed by atoms with Gasteiger partial charge in [-0.3, -0.25) is 9.59 Å². The molecule has 18 heavy (non-hydrogen) atoms. The minimum Gasteiger partial charge on any atom is -0.465 e. The fourth-order valence-corrected chi connectivity index (χ4v) is 2.44. The summed E-state index contributed by atoms with van der Waals surface area (Å²) < 4.78 is 5.08. The van der Waals surface area contributed by atoms with Crippen LogP contribution in [0.25, 0.3) is 0 Å². The normalized spacial score (nSPS) is 23.8. The van der Waals surface area contributed by atoms with Gasteiger partial charge in [-0.2, -0.15) is 0 Å². The average Bonchev–Trinajstić information content (AvgIpc) is 2.72. The van der Waals surface area contributed by atoms with E-state index in [1.54, 1.807) is 6.92 Å². The van der Waals surface area contributed by atoms with Gasteiger partial charge in [0.25, 0.3) is 0 Å². The molecule has 0 heterocycles. The summed E-state index contributed by atoms with van der Waals surface area (Å²) in [7, 11) is 0. The molecule has 0 bridgehead atoms. The molecule has 1 atom stereocenters. The Kier molecular flexibility index (Phi) is 6.10. The van der Waals surface area contributed by atoms with Gasteiger partial charge in [0.1, 0.15) is 5.41 Å². The minimum atomic E-state index is -0.876. The second-order valence-electron chi connectivity index (χ2n) is 4.90. The first-order chi connectivity index (χ1) is 8.67. The second-order valence-corrected chi connectivity index (χ2v) is 4.90. The van der Waals surface area contributed by atoms with Crippen molar-refractivity contribution >= 4 is 11.8 Å². The largest absolute Gasteiger partial charge is 0.465 e. The van der Waals surface area contributed by atoms with Crippen molar-refractivity contribution in [3.63, 3.8) is 0 Å². The van der Waals surface area contributed by atoms with E-state index >= 15 is 0 Å². The predicted octanol–water partition coefficient (Wildman–Crippen LogP) is 3.43. The van der Waals surface area contributed by atoms with Gasteiger partial charge in [0.2, 0.25) is 0 Å². The number of ketones is 1. The molecule has 1 rings (SSSR count). The van der Waals surface area contributed by atoms with Gasteiger partial charge in [-0.25, -0.2) is 0 Å². The molecule has 1 aliphatic rings. The zero-order valence-corrected chi connectivity index (χ0v) is 11.5. The van der Waals surface area contributed by atoms with E-state index < -0.39 is 5.41 Å². The molecule has 0 aromatic rings. The zero-order valence-electron chi connectivity index (χ0n) is 11.5. The molecule has 0 radical (unpaired) electrons. The van der Waals surface area contributed by atoms with Crippen LogP contribution in [-0.2, 0) is 14.3 Å². The summed E-state index contributed by atoms with van der Waals surface area (Å²) in [6.07, 6.45) is 9.86. The third-order valence-electron chi connectivity index (χ3n) is 3.56. The van der Waals surface area contributed by atoms with Gasteiger partial charge in [-0.15, -0.1) is 0 Å².